The molecule has 0 saturated carbocycles. The Labute approximate surface area is 143 Å². The van der Waals surface area contributed by atoms with E-state index in [1.807, 2.05) is 31.2 Å². The van der Waals surface area contributed by atoms with E-state index in [0.717, 1.165) is 11.1 Å². The van der Waals surface area contributed by atoms with Crippen molar-refractivity contribution in [3.8, 4) is 11.5 Å². The predicted molar refractivity (Wildman–Crippen MR) is 93.7 cm³/mol. The standard InChI is InChI=1S/C18H19NO4S/c1-13-3-2-4-14(9-13)11-24(21)8-7-18(20)19-15-5-6-16-17(10-15)23-12-22-16/h2-6,9-10H,7-8,11-12H2,1H3,(H,19,20). The van der Waals surface area contributed by atoms with Crippen LogP contribution in [0.4, 0.5) is 5.69 Å². The molecule has 1 heterocycles. The van der Waals surface area contributed by atoms with E-state index in [-0.39, 0.29) is 19.1 Å². The third-order valence-corrected chi connectivity index (χ3v) is 4.94. The number of ether oxygens (including phenoxy) is 2. The summed E-state index contributed by atoms with van der Waals surface area (Å²) in [5.74, 6) is 1.94. The van der Waals surface area contributed by atoms with Crippen molar-refractivity contribution >= 4 is 22.4 Å². The molecule has 0 fully saturated rings. The van der Waals surface area contributed by atoms with Gasteiger partial charge < -0.3 is 14.8 Å². The van der Waals surface area contributed by atoms with E-state index >= 15 is 0 Å². The Hall–Kier alpha value is -2.34. The Morgan fingerprint density at radius 3 is 2.83 bits per heavy atom. The van der Waals surface area contributed by atoms with Gasteiger partial charge in [-0.25, -0.2) is 0 Å². The molecule has 126 valence electrons. The van der Waals surface area contributed by atoms with Crippen LogP contribution in [0.5, 0.6) is 11.5 Å². The molecule has 0 radical (unpaired) electrons. The molecule has 0 aliphatic carbocycles. The Kier molecular flexibility index (Phi) is 5.15. The van der Waals surface area contributed by atoms with E-state index < -0.39 is 10.8 Å². The first kappa shape index (κ1) is 16.5. The molecule has 6 heteroatoms. The number of hydrogen-bond donors (Lipinski definition) is 1. The van der Waals surface area contributed by atoms with Gasteiger partial charge >= 0.3 is 0 Å². The summed E-state index contributed by atoms with van der Waals surface area (Å²) in [4.78, 5) is 12.0. The Bertz CT molecular complexity index is 775. The number of fused-ring (bicyclic) bond motifs is 1. The minimum Gasteiger partial charge on any atom is -0.454 e. The SMILES string of the molecule is Cc1cccc(CS(=O)CCC(=O)Nc2ccc3c(c2)OCO3)c1. The number of nitrogens with one attached hydrogen (secondary N) is 1. The van der Waals surface area contributed by atoms with Crippen LogP contribution >= 0.6 is 0 Å². The normalized spacial score (nSPS) is 13.5. The zero-order chi connectivity index (χ0) is 16.9. The second-order valence-corrected chi connectivity index (χ2v) is 7.22. The summed E-state index contributed by atoms with van der Waals surface area (Å²) in [6.07, 6.45) is 0.215. The van der Waals surface area contributed by atoms with Gasteiger partial charge in [-0.1, -0.05) is 29.8 Å². The molecule has 0 aromatic heterocycles. The highest BCUT2D eigenvalue weighted by Crippen LogP contribution is 2.34. The van der Waals surface area contributed by atoms with Crippen molar-refractivity contribution in [3.05, 3.63) is 53.6 Å². The summed E-state index contributed by atoms with van der Waals surface area (Å²) in [5.41, 5.74) is 2.82. The maximum atomic E-state index is 12.1. The van der Waals surface area contributed by atoms with Gasteiger partial charge in [0.05, 0.1) is 0 Å². The lowest BCUT2D eigenvalue weighted by atomic mass is 10.2. The smallest absolute Gasteiger partial charge is 0.231 e. The lowest BCUT2D eigenvalue weighted by Gasteiger charge is -2.07. The van der Waals surface area contributed by atoms with Gasteiger partial charge in [0.15, 0.2) is 11.5 Å². The lowest BCUT2D eigenvalue weighted by molar-refractivity contribution is -0.115. The van der Waals surface area contributed by atoms with Crippen LogP contribution in [0.3, 0.4) is 0 Å². The van der Waals surface area contributed by atoms with Crippen molar-refractivity contribution < 1.29 is 18.5 Å². The molecule has 2 aromatic carbocycles. The number of carbonyl (C=O) groups is 1. The number of aryl methyl sites for hydroxylation is 1. The molecule has 5 nitrogen and oxygen atoms in total. The summed E-state index contributed by atoms with van der Waals surface area (Å²) < 4.78 is 22.6. The van der Waals surface area contributed by atoms with Crippen molar-refractivity contribution in [2.75, 3.05) is 17.9 Å². The van der Waals surface area contributed by atoms with Gasteiger partial charge in [-0.3, -0.25) is 9.00 Å². The average molecular weight is 345 g/mol. The van der Waals surface area contributed by atoms with Gasteiger partial charge in [-0.05, 0) is 24.6 Å². The molecular formula is C18H19NO4S. The Morgan fingerprint density at radius 1 is 1.17 bits per heavy atom. The Balaban J connectivity index is 1.47. The summed E-state index contributed by atoms with van der Waals surface area (Å²) in [6, 6.07) is 13.2. The van der Waals surface area contributed by atoms with Crippen molar-refractivity contribution in [3.63, 3.8) is 0 Å². The molecule has 1 N–H and O–H groups in total. The number of rotatable bonds is 6. The lowest BCUT2D eigenvalue weighted by Crippen LogP contribution is -2.15. The predicted octanol–water partition coefficient (Wildman–Crippen LogP) is 3.00. The van der Waals surface area contributed by atoms with Gasteiger partial charge in [0.2, 0.25) is 12.7 Å². The van der Waals surface area contributed by atoms with Crippen LogP contribution in [0, 0.1) is 6.92 Å². The molecule has 24 heavy (non-hydrogen) atoms. The Morgan fingerprint density at radius 2 is 2.00 bits per heavy atom. The third-order valence-electron chi connectivity index (χ3n) is 3.62. The van der Waals surface area contributed by atoms with Gasteiger partial charge in [-0.2, -0.15) is 0 Å². The first-order valence-electron chi connectivity index (χ1n) is 7.70. The molecule has 1 unspecified atom stereocenters. The molecule has 3 rings (SSSR count). The number of anilines is 1. The minimum absolute atomic E-state index is 0.161. The van der Waals surface area contributed by atoms with Crippen LogP contribution in [-0.2, 0) is 21.3 Å². The maximum absolute atomic E-state index is 12.1. The van der Waals surface area contributed by atoms with Gasteiger partial charge in [0, 0.05) is 40.5 Å². The number of benzene rings is 2. The summed E-state index contributed by atoms with van der Waals surface area (Å²) in [6.45, 7) is 2.20. The van der Waals surface area contributed by atoms with Crippen LogP contribution in [0.15, 0.2) is 42.5 Å². The van der Waals surface area contributed by atoms with E-state index in [0.29, 0.717) is 28.7 Å². The van der Waals surface area contributed by atoms with Gasteiger partial charge in [-0.15, -0.1) is 0 Å². The quantitative estimate of drug-likeness (QED) is 0.874. The van der Waals surface area contributed by atoms with Gasteiger partial charge in [0.25, 0.3) is 0 Å². The monoisotopic (exact) mass is 345 g/mol. The molecule has 1 aliphatic heterocycles. The topological polar surface area (TPSA) is 64.6 Å². The molecule has 1 atom stereocenters. The van der Waals surface area contributed by atoms with Crippen LogP contribution in [-0.4, -0.2) is 22.7 Å². The van der Waals surface area contributed by atoms with E-state index in [9.17, 15) is 9.00 Å². The molecule has 1 aliphatic rings. The number of amides is 1. The first-order chi connectivity index (χ1) is 11.6. The fourth-order valence-corrected chi connectivity index (χ4v) is 3.57. The van der Waals surface area contributed by atoms with Gasteiger partial charge in [0.1, 0.15) is 0 Å². The van der Waals surface area contributed by atoms with E-state index in [4.69, 9.17) is 9.47 Å². The first-order valence-corrected chi connectivity index (χ1v) is 9.19. The maximum Gasteiger partial charge on any atom is 0.231 e. The molecule has 0 bridgehead atoms. The molecule has 2 aromatic rings. The van der Waals surface area contributed by atoms with Crippen molar-refractivity contribution in [1.29, 1.82) is 0 Å². The average Bonchev–Trinajstić information content (AvgIpc) is 3.00. The fraction of sp³-hybridized carbons (Fsp3) is 0.278. The highest BCUT2D eigenvalue weighted by molar-refractivity contribution is 7.84. The molecule has 0 saturated heterocycles. The molecule has 1 amide bonds. The van der Waals surface area contributed by atoms with Crippen LogP contribution in [0.1, 0.15) is 17.5 Å². The largest absolute Gasteiger partial charge is 0.454 e. The highest BCUT2D eigenvalue weighted by Gasteiger charge is 2.14. The summed E-state index contributed by atoms with van der Waals surface area (Å²) >= 11 is 0. The zero-order valence-corrected chi connectivity index (χ0v) is 14.2. The van der Waals surface area contributed by atoms with Crippen molar-refractivity contribution in [2.45, 2.75) is 19.1 Å². The number of hydrogen-bond acceptors (Lipinski definition) is 4. The van der Waals surface area contributed by atoms with Crippen molar-refractivity contribution in [1.82, 2.24) is 0 Å². The molecule has 0 spiro atoms. The molecular weight excluding hydrogens is 326 g/mol. The highest BCUT2D eigenvalue weighted by atomic mass is 32.2. The van der Waals surface area contributed by atoms with Crippen LogP contribution < -0.4 is 14.8 Å². The van der Waals surface area contributed by atoms with E-state index in [2.05, 4.69) is 5.32 Å². The zero-order valence-electron chi connectivity index (χ0n) is 13.4. The third kappa shape index (κ3) is 4.35. The van der Waals surface area contributed by atoms with E-state index in [1.165, 1.54) is 0 Å². The minimum atomic E-state index is -1.06. The van der Waals surface area contributed by atoms with Crippen LogP contribution in [0.25, 0.3) is 0 Å². The fourth-order valence-electron chi connectivity index (χ4n) is 2.46. The summed E-state index contributed by atoms with van der Waals surface area (Å²) in [5, 5.41) is 2.79. The van der Waals surface area contributed by atoms with Crippen LogP contribution in [0.2, 0.25) is 0 Å². The second-order valence-electron chi connectivity index (χ2n) is 5.64. The number of carbonyl (C=O) groups excluding carboxylic acids is 1. The second kappa shape index (κ2) is 7.49. The van der Waals surface area contributed by atoms with E-state index in [1.54, 1.807) is 18.2 Å². The summed E-state index contributed by atoms with van der Waals surface area (Å²) in [7, 11) is -1.06. The van der Waals surface area contributed by atoms with Crippen molar-refractivity contribution in [2.24, 2.45) is 0 Å².